The standard InChI is InChI=1S/C15H24N2O/c1-12(2)17(15-7-9-18-10-8-15)11-13-3-5-14(16)6-4-13/h3-6,12,15H,7-11,16H2,1-2H3. The molecule has 3 nitrogen and oxygen atoms in total. The van der Waals surface area contributed by atoms with Crippen molar-refractivity contribution in [2.75, 3.05) is 18.9 Å². The number of hydrogen-bond donors (Lipinski definition) is 1. The molecular weight excluding hydrogens is 224 g/mol. The second-order valence-corrected chi connectivity index (χ2v) is 5.35. The number of nitrogen functional groups attached to an aromatic ring is 1. The summed E-state index contributed by atoms with van der Waals surface area (Å²) in [5, 5.41) is 0. The van der Waals surface area contributed by atoms with Gasteiger partial charge >= 0.3 is 0 Å². The van der Waals surface area contributed by atoms with Crippen LogP contribution in [0.15, 0.2) is 24.3 Å². The van der Waals surface area contributed by atoms with Gasteiger partial charge in [-0.05, 0) is 44.4 Å². The second kappa shape index (κ2) is 6.21. The van der Waals surface area contributed by atoms with Gasteiger partial charge in [0.2, 0.25) is 0 Å². The highest BCUT2D eigenvalue weighted by Crippen LogP contribution is 2.20. The third kappa shape index (κ3) is 3.47. The van der Waals surface area contributed by atoms with Gasteiger partial charge in [-0.25, -0.2) is 0 Å². The molecule has 1 heterocycles. The molecule has 1 aromatic rings. The third-order valence-electron chi connectivity index (χ3n) is 3.67. The van der Waals surface area contributed by atoms with E-state index < -0.39 is 0 Å². The van der Waals surface area contributed by atoms with E-state index >= 15 is 0 Å². The number of rotatable bonds is 4. The molecular formula is C15H24N2O. The Hall–Kier alpha value is -1.06. The van der Waals surface area contributed by atoms with Gasteiger partial charge in [0.15, 0.2) is 0 Å². The number of nitrogens with zero attached hydrogens (tertiary/aromatic N) is 1. The number of benzene rings is 1. The van der Waals surface area contributed by atoms with Crippen LogP contribution in [0, 0.1) is 0 Å². The van der Waals surface area contributed by atoms with E-state index in [-0.39, 0.29) is 0 Å². The molecule has 3 heteroatoms. The van der Waals surface area contributed by atoms with Crippen molar-refractivity contribution in [2.45, 2.75) is 45.3 Å². The summed E-state index contributed by atoms with van der Waals surface area (Å²) in [6.45, 7) is 7.34. The van der Waals surface area contributed by atoms with E-state index in [0.717, 1.165) is 38.3 Å². The lowest BCUT2D eigenvalue weighted by atomic mass is 10.0. The Bertz CT molecular complexity index is 355. The van der Waals surface area contributed by atoms with Gasteiger partial charge < -0.3 is 10.5 Å². The van der Waals surface area contributed by atoms with Gasteiger partial charge in [0.05, 0.1) is 0 Å². The first-order valence-corrected chi connectivity index (χ1v) is 6.84. The predicted octanol–water partition coefficient (Wildman–Crippen LogP) is 2.66. The van der Waals surface area contributed by atoms with Crippen LogP contribution >= 0.6 is 0 Å². The smallest absolute Gasteiger partial charge is 0.0480 e. The Labute approximate surface area is 110 Å². The first-order valence-electron chi connectivity index (χ1n) is 6.84. The molecule has 2 N–H and O–H groups in total. The van der Waals surface area contributed by atoms with Gasteiger partial charge in [-0.15, -0.1) is 0 Å². The first kappa shape index (κ1) is 13.4. The normalized spacial score (nSPS) is 17.6. The van der Waals surface area contributed by atoms with Gasteiger partial charge in [0.1, 0.15) is 0 Å². The lowest BCUT2D eigenvalue weighted by Crippen LogP contribution is -2.43. The molecule has 1 aliphatic heterocycles. The monoisotopic (exact) mass is 248 g/mol. The molecule has 1 aromatic carbocycles. The maximum absolute atomic E-state index is 5.73. The van der Waals surface area contributed by atoms with Crippen molar-refractivity contribution in [3.05, 3.63) is 29.8 Å². The molecule has 1 aliphatic rings. The summed E-state index contributed by atoms with van der Waals surface area (Å²) < 4.78 is 5.45. The maximum Gasteiger partial charge on any atom is 0.0480 e. The summed E-state index contributed by atoms with van der Waals surface area (Å²) in [4.78, 5) is 2.58. The number of ether oxygens (including phenoxy) is 1. The topological polar surface area (TPSA) is 38.5 Å². The van der Waals surface area contributed by atoms with Crippen LogP contribution in [0.2, 0.25) is 0 Å². The predicted molar refractivity (Wildman–Crippen MR) is 75.4 cm³/mol. The van der Waals surface area contributed by atoms with Crippen LogP contribution in [0.4, 0.5) is 5.69 Å². The highest BCUT2D eigenvalue weighted by atomic mass is 16.5. The second-order valence-electron chi connectivity index (χ2n) is 5.35. The van der Waals surface area contributed by atoms with E-state index in [1.807, 2.05) is 12.1 Å². The van der Waals surface area contributed by atoms with E-state index in [0.29, 0.717) is 12.1 Å². The number of hydrogen-bond acceptors (Lipinski definition) is 3. The zero-order chi connectivity index (χ0) is 13.0. The minimum atomic E-state index is 0.561. The molecule has 0 saturated carbocycles. The summed E-state index contributed by atoms with van der Waals surface area (Å²) >= 11 is 0. The Morgan fingerprint density at radius 2 is 1.83 bits per heavy atom. The Balaban J connectivity index is 2.03. The zero-order valence-electron chi connectivity index (χ0n) is 11.4. The Morgan fingerprint density at radius 3 is 2.39 bits per heavy atom. The molecule has 0 spiro atoms. The molecule has 0 bridgehead atoms. The van der Waals surface area contributed by atoms with E-state index in [2.05, 4.69) is 30.9 Å². The van der Waals surface area contributed by atoms with Crippen LogP contribution in [-0.4, -0.2) is 30.2 Å². The van der Waals surface area contributed by atoms with Crippen molar-refractivity contribution in [1.82, 2.24) is 4.90 Å². The van der Waals surface area contributed by atoms with Crippen molar-refractivity contribution in [3.63, 3.8) is 0 Å². The van der Waals surface area contributed by atoms with Crippen LogP contribution in [0.3, 0.4) is 0 Å². The number of nitrogens with two attached hydrogens (primary N) is 1. The molecule has 100 valence electrons. The SMILES string of the molecule is CC(C)N(Cc1ccc(N)cc1)C1CCOCC1. The summed E-state index contributed by atoms with van der Waals surface area (Å²) in [7, 11) is 0. The maximum atomic E-state index is 5.73. The van der Waals surface area contributed by atoms with E-state index in [9.17, 15) is 0 Å². The van der Waals surface area contributed by atoms with Crippen molar-refractivity contribution in [1.29, 1.82) is 0 Å². The lowest BCUT2D eigenvalue weighted by Gasteiger charge is -2.37. The molecule has 2 rings (SSSR count). The fourth-order valence-electron chi connectivity index (χ4n) is 2.58. The molecule has 1 saturated heterocycles. The molecule has 18 heavy (non-hydrogen) atoms. The van der Waals surface area contributed by atoms with E-state index in [1.165, 1.54) is 5.56 Å². The molecule has 0 radical (unpaired) electrons. The number of anilines is 1. The van der Waals surface area contributed by atoms with Crippen LogP contribution in [0.1, 0.15) is 32.3 Å². The van der Waals surface area contributed by atoms with Crippen LogP contribution in [0.25, 0.3) is 0 Å². The highest BCUT2D eigenvalue weighted by molar-refractivity contribution is 5.39. The van der Waals surface area contributed by atoms with Crippen molar-refractivity contribution < 1.29 is 4.74 Å². The molecule has 0 aromatic heterocycles. The highest BCUT2D eigenvalue weighted by Gasteiger charge is 2.23. The molecule has 0 atom stereocenters. The minimum Gasteiger partial charge on any atom is -0.399 e. The fraction of sp³-hybridized carbons (Fsp3) is 0.600. The average Bonchev–Trinajstić information content (AvgIpc) is 2.38. The summed E-state index contributed by atoms with van der Waals surface area (Å²) in [5.41, 5.74) is 7.90. The van der Waals surface area contributed by atoms with E-state index in [1.54, 1.807) is 0 Å². The third-order valence-corrected chi connectivity index (χ3v) is 3.67. The summed E-state index contributed by atoms with van der Waals surface area (Å²) in [5.74, 6) is 0. The molecule has 0 amide bonds. The van der Waals surface area contributed by atoms with Gasteiger partial charge in [-0.3, -0.25) is 4.90 Å². The average molecular weight is 248 g/mol. The molecule has 0 unspecified atom stereocenters. The van der Waals surface area contributed by atoms with Gasteiger partial charge in [0.25, 0.3) is 0 Å². The zero-order valence-corrected chi connectivity index (χ0v) is 11.4. The van der Waals surface area contributed by atoms with Gasteiger partial charge in [-0.2, -0.15) is 0 Å². The Morgan fingerprint density at radius 1 is 1.22 bits per heavy atom. The minimum absolute atomic E-state index is 0.561. The summed E-state index contributed by atoms with van der Waals surface area (Å²) in [6.07, 6.45) is 2.29. The summed E-state index contributed by atoms with van der Waals surface area (Å²) in [6, 6.07) is 9.44. The lowest BCUT2D eigenvalue weighted by molar-refractivity contribution is 0.0188. The first-order chi connectivity index (χ1) is 8.66. The quantitative estimate of drug-likeness (QED) is 0.833. The largest absolute Gasteiger partial charge is 0.399 e. The van der Waals surface area contributed by atoms with Gasteiger partial charge in [0, 0.05) is 37.5 Å². The van der Waals surface area contributed by atoms with E-state index in [4.69, 9.17) is 10.5 Å². The fourth-order valence-corrected chi connectivity index (χ4v) is 2.58. The van der Waals surface area contributed by atoms with Crippen LogP contribution in [-0.2, 0) is 11.3 Å². The van der Waals surface area contributed by atoms with Crippen molar-refractivity contribution in [2.24, 2.45) is 0 Å². The molecule has 0 aliphatic carbocycles. The Kier molecular flexibility index (Phi) is 4.61. The van der Waals surface area contributed by atoms with Crippen LogP contribution < -0.4 is 5.73 Å². The van der Waals surface area contributed by atoms with Crippen molar-refractivity contribution >= 4 is 5.69 Å². The van der Waals surface area contributed by atoms with Crippen LogP contribution in [0.5, 0.6) is 0 Å². The van der Waals surface area contributed by atoms with Crippen molar-refractivity contribution in [3.8, 4) is 0 Å². The van der Waals surface area contributed by atoms with Gasteiger partial charge in [-0.1, -0.05) is 12.1 Å². The molecule has 1 fully saturated rings.